The molecule has 3 N–H and O–H groups in total. The maximum absolute atomic E-state index is 5.23. The van der Waals surface area contributed by atoms with E-state index < -0.39 is 0 Å². The molecule has 4 nitrogen and oxygen atoms in total. The number of nitrogens with one attached hydrogen (secondary N) is 1. The van der Waals surface area contributed by atoms with E-state index >= 15 is 0 Å². The maximum atomic E-state index is 5.23. The van der Waals surface area contributed by atoms with Crippen molar-refractivity contribution in [3.63, 3.8) is 0 Å². The number of nitrogen functional groups attached to an aromatic ring is 1. The van der Waals surface area contributed by atoms with Crippen LogP contribution in [-0.4, -0.2) is 15.7 Å². The summed E-state index contributed by atoms with van der Waals surface area (Å²) in [5.74, 6) is 8.99. The summed E-state index contributed by atoms with van der Waals surface area (Å²) in [5.41, 5.74) is 3.50. The molecule has 0 unspecified atom stereocenters. The van der Waals surface area contributed by atoms with Gasteiger partial charge in [-0.3, -0.25) is 4.98 Å². The Morgan fingerprint density at radius 2 is 2.12 bits per heavy atom. The maximum Gasteiger partial charge on any atom is 0.158 e. The summed E-state index contributed by atoms with van der Waals surface area (Å²) in [6.07, 6.45) is 9.12. The van der Waals surface area contributed by atoms with Crippen LogP contribution in [0.1, 0.15) is 31.4 Å². The van der Waals surface area contributed by atoms with Crippen LogP contribution in [0.25, 0.3) is 0 Å². The van der Waals surface area contributed by atoms with Crippen LogP contribution in [0.3, 0.4) is 0 Å². The molecule has 0 bridgehead atoms. The van der Waals surface area contributed by atoms with Crippen LogP contribution in [0.4, 0.5) is 5.82 Å². The molecular weight excluding hydrogens is 220 g/mol. The summed E-state index contributed by atoms with van der Waals surface area (Å²) < 4.78 is 0. The van der Waals surface area contributed by atoms with Crippen LogP contribution in [0, 0.1) is 5.92 Å². The first-order valence-electron chi connectivity index (χ1n) is 5.74. The second-order valence-corrected chi connectivity index (χ2v) is 5.23. The van der Waals surface area contributed by atoms with E-state index in [9.17, 15) is 0 Å². The van der Waals surface area contributed by atoms with Crippen molar-refractivity contribution in [3.05, 3.63) is 18.1 Å². The van der Waals surface area contributed by atoms with Gasteiger partial charge in [0.25, 0.3) is 0 Å². The van der Waals surface area contributed by atoms with Gasteiger partial charge in [0.1, 0.15) is 0 Å². The lowest BCUT2D eigenvalue weighted by Gasteiger charge is -2.07. The highest BCUT2D eigenvalue weighted by molar-refractivity contribution is 7.98. The summed E-state index contributed by atoms with van der Waals surface area (Å²) >= 11 is 1.96. The number of anilines is 1. The zero-order valence-corrected chi connectivity index (χ0v) is 10.2. The molecule has 0 aromatic carbocycles. The SMILES string of the molecule is NNc1cnc(CSCC2CCCC2)cn1. The molecule has 88 valence electrons. The molecule has 0 amide bonds. The predicted molar refractivity (Wildman–Crippen MR) is 68.0 cm³/mol. The van der Waals surface area contributed by atoms with Crippen LogP contribution in [0.15, 0.2) is 12.4 Å². The van der Waals surface area contributed by atoms with Crippen molar-refractivity contribution in [2.45, 2.75) is 31.4 Å². The van der Waals surface area contributed by atoms with Gasteiger partial charge in [0.15, 0.2) is 5.82 Å². The largest absolute Gasteiger partial charge is 0.307 e. The first-order chi connectivity index (χ1) is 7.88. The van der Waals surface area contributed by atoms with Gasteiger partial charge >= 0.3 is 0 Å². The second-order valence-electron chi connectivity index (χ2n) is 4.20. The molecule has 1 saturated carbocycles. The minimum absolute atomic E-state index is 0.615. The van der Waals surface area contributed by atoms with E-state index in [1.807, 2.05) is 11.8 Å². The fourth-order valence-corrected chi connectivity index (χ4v) is 3.15. The molecule has 0 spiro atoms. The van der Waals surface area contributed by atoms with Crippen LogP contribution in [0.5, 0.6) is 0 Å². The molecule has 1 fully saturated rings. The fraction of sp³-hybridized carbons (Fsp3) is 0.636. The number of aromatic nitrogens is 2. The number of thioether (sulfide) groups is 1. The van der Waals surface area contributed by atoms with Gasteiger partial charge in [0.05, 0.1) is 18.1 Å². The molecule has 5 heteroatoms. The molecule has 1 heterocycles. The Bertz CT molecular complexity index is 308. The minimum atomic E-state index is 0.615. The number of hydrogen-bond acceptors (Lipinski definition) is 5. The monoisotopic (exact) mass is 238 g/mol. The smallest absolute Gasteiger partial charge is 0.158 e. The van der Waals surface area contributed by atoms with E-state index in [0.717, 1.165) is 17.4 Å². The molecule has 0 aliphatic heterocycles. The summed E-state index contributed by atoms with van der Waals surface area (Å²) in [5, 5.41) is 0. The van der Waals surface area contributed by atoms with E-state index in [1.54, 1.807) is 12.4 Å². The molecule has 0 radical (unpaired) electrons. The van der Waals surface area contributed by atoms with Gasteiger partial charge in [0, 0.05) is 5.75 Å². The topological polar surface area (TPSA) is 63.8 Å². The van der Waals surface area contributed by atoms with Gasteiger partial charge in [0.2, 0.25) is 0 Å². The molecular formula is C11H18N4S. The molecule has 1 aromatic heterocycles. The number of hydrogen-bond donors (Lipinski definition) is 2. The normalized spacial score (nSPS) is 16.6. The van der Waals surface area contributed by atoms with Gasteiger partial charge in [-0.15, -0.1) is 0 Å². The first kappa shape index (κ1) is 11.7. The van der Waals surface area contributed by atoms with E-state index in [2.05, 4.69) is 15.4 Å². The number of nitrogens with two attached hydrogens (primary N) is 1. The lowest BCUT2D eigenvalue weighted by Crippen LogP contribution is -2.09. The predicted octanol–water partition coefficient (Wildman–Crippen LogP) is 2.19. The number of nitrogens with zero attached hydrogens (tertiary/aromatic N) is 2. The van der Waals surface area contributed by atoms with Crippen LogP contribution in [0.2, 0.25) is 0 Å². The third-order valence-electron chi connectivity index (χ3n) is 2.93. The Morgan fingerprint density at radius 1 is 1.31 bits per heavy atom. The van der Waals surface area contributed by atoms with Crippen molar-refractivity contribution in [3.8, 4) is 0 Å². The third kappa shape index (κ3) is 3.35. The Morgan fingerprint density at radius 3 is 2.75 bits per heavy atom. The summed E-state index contributed by atoms with van der Waals surface area (Å²) in [6.45, 7) is 0. The van der Waals surface area contributed by atoms with Gasteiger partial charge in [-0.2, -0.15) is 11.8 Å². The Hall–Kier alpha value is -0.810. The van der Waals surface area contributed by atoms with E-state index in [-0.39, 0.29) is 0 Å². The Kier molecular flexibility index (Phi) is 4.42. The Balaban J connectivity index is 1.71. The lowest BCUT2D eigenvalue weighted by molar-refractivity contribution is 0.623. The van der Waals surface area contributed by atoms with Crippen molar-refractivity contribution in [1.29, 1.82) is 0 Å². The van der Waals surface area contributed by atoms with Crippen LogP contribution < -0.4 is 11.3 Å². The molecule has 0 atom stereocenters. The molecule has 2 rings (SSSR count). The highest BCUT2D eigenvalue weighted by Crippen LogP contribution is 2.28. The van der Waals surface area contributed by atoms with Crippen molar-refractivity contribution in [2.75, 3.05) is 11.2 Å². The van der Waals surface area contributed by atoms with Crippen LogP contribution >= 0.6 is 11.8 Å². The van der Waals surface area contributed by atoms with Gasteiger partial charge in [-0.05, 0) is 24.5 Å². The molecule has 1 aromatic rings. The van der Waals surface area contributed by atoms with E-state index in [0.29, 0.717) is 5.82 Å². The van der Waals surface area contributed by atoms with Gasteiger partial charge < -0.3 is 5.43 Å². The summed E-state index contributed by atoms with van der Waals surface area (Å²) in [4.78, 5) is 8.42. The second kappa shape index (κ2) is 6.06. The highest BCUT2D eigenvalue weighted by Gasteiger charge is 2.14. The zero-order chi connectivity index (χ0) is 11.2. The van der Waals surface area contributed by atoms with E-state index in [4.69, 9.17) is 5.84 Å². The van der Waals surface area contributed by atoms with Crippen molar-refractivity contribution in [1.82, 2.24) is 9.97 Å². The standard InChI is InChI=1S/C11H18N4S/c12-15-11-6-13-10(5-14-11)8-16-7-9-3-1-2-4-9/h5-6,9H,1-4,7-8,12H2,(H,14,15). The van der Waals surface area contributed by atoms with E-state index in [1.165, 1.54) is 31.4 Å². The summed E-state index contributed by atoms with van der Waals surface area (Å²) in [7, 11) is 0. The fourth-order valence-electron chi connectivity index (χ4n) is 2.01. The number of hydrazine groups is 1. The molecule has 1 aliphatic rings. The number of rotatable bonds is 5. The van der Waals surface area contributed by atoms with Crippen LogP contribution in [-0.2, 0) is 5.75 Å². The van der Waals surface area contributed by atoms with Gasteiger partial charge in [-0.1, -0.05) is 12.8 Å². The molecule has 16 heavy (non-hydrogen) atoms. The minimum Gasteiger partial charge on any atom is -0.307 e. The van der Waals surface area contributed by atoms with Gasteiger partial charge in [-0.25, -0.2) is 10.8 Å². The van der Waals surface area contributed by atoms with Crippen molar-refractivity contribution in [2.24, 2.45) is 11.8 Å². The van der Waals surface area contributed by atoms with Crippen molar-refractivity contribution >= 4 is 17.6 Å². The lowest BCUT2D eigenvalue weighted by atomic mass is 10.1. The Labute approximate surface area is 100 Å². The quantitative estimate of drug-likeness (QED) is 0.608. The molecule has 1 aliphatic carbocycles. The first-order valence-corrected chi connectivity index (χ1v) is 6.89. The summed E-state index contributed by atoms with van der Waals surface area (Å²) in [6, 6.07) is 0. The zero-order valence-electron chi connectivity index (χ0n) is 9.35. The average Bonchev–Trinajstić information content (AvgIpc) is 2.83. The van der Waals surface area contributed by atoms with Crippen molar-refractivity contribution < 1.29 is 0 Å². The third-order valence-corrected chi connectivity index (χ3v) is 4.14. The average molecular weight is 238 g/mol. The highest BCUT2D eigenvalue weighted by atomic mass is 32.2. The molecule has 0 saturated heterocycles.